The van der Waals surface area contributed by atoms with Crippen LogP contribution >= 0.6 is 11.8 Å². The zero-order valence-electron chi connectivity index (χ0n) is 15.6. The van der Waals surface area contributed by atoms with Crippen molar-refractivity contribution in [2.45, 2.75) is 57.0 Å². The number of benzene rings is 2. The summed E-state index contributed by atoms with van der Waals surface area (Å²) in [6, 6.07) is 14.2. The molecule has 1 amide bonds. The van der Waals surface area contributed by atoms with Gasteiger partial charge in [0.15, 0.2) is 6.10 Å². The van der Waals surface area contributed by atoms with E-state index in [1.165, 1.54) is 24.0 Å². The SMILES string of the molecule is CCSc1ccccc1NC(=O)[C@H](CC)Oc1ccc2c(c1)CCCC2. The number of ether oxygens (including phenoxy) is 1. The normalized spacial score (nSPS) is 14.4. The van der Waals surface area contributed by atoms with Gasteiger partial charge in [0.2, 0.25) is 0 Å². The Hall–Kier alpha value is -1.94. The molecule has 2 aromatic rings. The van der Waals surface area contributed by atoms with Crippen LogP contribution in [-0.2, 0) is 17.6 Å². The Bertz CT molecular complexity index is 760. The van der Waals surface area contributed by atoms with E-state index < -0.39 is 6.10 Å². The first kappa shape index (κ1) is 18.8. The molecule has 0 radical (unpaired) electrons. The number of thioether (sulfide) groups is 1. The van der Waals surface area contributed by atoms with Gasteiger partial charge >= 0.3 is 0 Å². The quantitative estimate of drug-likeness (QED) is 0.657. The lowest BCUT2D eigenvalue weighted by atomic mass is 9.92. The fourth-order valence-corrected chi connectivity index (χ4v) is 4.09. The second-order valence-electron chi connectivity index (χ2n) is 6.57. The largest absolute Gasteiger partial charge is 0.481 e. The van der Waals surface area contributed by atoms with Crippen LogP contribution < -0.4 is 10.1 Å². The first-order chi connectivity index (χ1) is 12.7. The average Bonchev–Trinajstić information content (AvgIpc) is 2.67. The zero-order chi connectivity index (χ0) is 18.4. The molecule has 4 heteroatoms. The number of aryl methyl sites for hydroxylation is 2. The van der Waals surface area contributed by atoms with E-state index in [1.54, 1.807) is 11.8 Å². The number of fused-ring (bicyclic) bond motifs is 1. The van der Waals surface area contributed by atoms with E-state index in [0.717, 1.165) is 34.9 Å². The van der Waals surface area contributed by atoms with Crippen molar-refractivity contribution >= 4 is 23.4 Å². The van der Waals surface area contributed by atoms with E-state index in [4.69, 9.17) is 4.74 Å². The summed E-state index contributed by atoms with van der Waals surface area (Å²) in [4.78, 5) is 13.8. The Morgan fingerprint density at radius 1 is 1.12 bits per heavy atom. The number of hydrogen-bond acceptors (Lipinski definition) is 3. The second kappa shape index (κ2) is 9.13. The Labute approximate surface area is 160 Å². The van der Waals surface area contributed by atoms with Crippen LogP contribution in [0.4, 0.5) is 5.69 Å². The highest BCUT2D eigenvalue weighted by Crippen LogP contribution is 2.28. The van der Waals surface area contributed by atoms with Crippen LogP contribution in [0.2, 0.25) is 0 Å². The van der Waals surface area contributed by atoms with E-state index >= 15 is 0 Å². The van der Waals surface area contributed by atoms with Crippen molar-refractivity contribution in [1.82, 2.24) is 0 Å². The van der Waals surface area contributed by atoms with Crippen molar-refractivity contribution in [1.29, 1.82) is 0 Å². The Morgan fingerprint density at radius 2 is 1.88 bits per heavy atom. The van der Waals surface area contributed by atoms with Gasteiger partial charge in [-0.3, -0.25) is 4.79 Å². The van der Waals surface area contributed by atoms with Crippen molar-refractivity contribution in [3.05, 3.63) is 53.6 Å². The molecular formula is C22H27NO2S. The highest BCUT2D eigenvalue weighted by molar-refractivity contribution is 7.99. The molecule has 1 aliphatic carbocycles. The van der Waals surface area contributed by atoms with Gasteiger partial charge in [0.05, 0.1) is 5.69 Å². The van der Waals surface area contributed by atoms with E-state index in [2.05, 4.69) is 24.4 Å². The molecule has 1 aliphatic rings. The summed E-state index contributed by atoms with van der Waals surface area (Å²) in [5.41, 5.74) is 3.65. The minimum absolute atomic E-state index is 0.0885. The van der Waals surface area contributed by atoms with E-state index in [9.17, 15) is 4.79 Å². The smallest absolute Gasteiger partial charge is 0.265 e. The molecule has 0 saturated carbocycles. The molecule has 0 aliphatic heterocycles. The molecule has 138 valence electrons. The number of anilines is 1. The summed E-state index contributed by atoms with van der Waals surface area (Å²) in [6.45, 7) is 4.09. The summed E-state index contributed by atoms with van der Waals surface area (Å²) in [7, 11) is 0. The Morgan fingerprint density at radius 3 is 2.65 bits per heavy atom. The van der Waals surface area contributed by atoms with Gasteiger partial charge in [-0.05, 0) is 73.2 Å². The summed E-state index contributed by atoms with van der Waals surface area (Å²) in [5, 5.41) is 3.04. The molecule has 3 rings (SSSR count). The summed E-state index contributed by atoms with van der Waals surface area (Å²) >= 11 is 1.73. The van der Waals surface area contributed by atoms with Crippen LogP contribution in [0.1, 0.15) is 44.2 Å². The van der Waals surface area contributed by atoms with Gasteiger partial charge in [-0.15, -0.1) is 11.8 Å². The third-order valence-electron chi connectivity index (χ3n) is 4.71. The topological polar surface area (TPSA) is 38.3 Å². The number of para-hydroxylation sites is 1. The first-order valence-corrected chi connectivity index (χ1v) is 10.5. The molecule has 0 spiro atoms. The van der Waals surface area contributed by atoms with Gasteiger partial charge < -0.3 is 10.1 Å². The third kappa shape index (κ3) is 4.61. The van der Waals surface area contributed by atoms with Gasteiger partial charge in [0.1, 0.15) is 5.75 Å². The Kier molecular flexibility index (Phi) is 6.62. The van der Waals surface area contributed by atoms with Gasteiger partial charge in [-0.25, -0.2) is 0 Å². The lowest BCUT2D eigenvalue weighted by Gasteiger charge is -2.21. The molecule has 0 heterocycles. The predicted molar refractivity (Wildman–Crippen MR) is 109 cm³/mol. The summed E-state index contributed by atoms with van der Waals surface area (Å²) in [5.74, 6) is 1.67. The number of carbonyl (C=O) groups is 1. The van der Waals surface area contributed by atoms with Gasteiger partial charge in [-0.1, -0.05) is 32.0 Å². The second-order valence-corrected chi connectivity index (χ2v) is 7.88. The molecule has 0 unspecified atom stereocenters. The van der Waals surface area contributed by atoms with Crippen molar-refractivity contribution in [3.63, 3.8) is 0 Å². The minimum atomic E-state index is -0.490. The molecule has 26 heavy (non-hydrogen) atoms. The van der Waals surface area contributed by atoms with E-state index in [-0.39, 0.29) is 5.91 Å². The molecule has 1 atom stereocenters. The number of amides is 1. The monoisotopic (exact) mass is 369 g/mol. The van der Waals surface area contributed by atoms with E-state index in [0.29, 0.717) is 6.42 Å². The lowest BCUT2D eigenvalue weighted by Crippen LogP contribution is -2.32. The van der Waals surface area contributed by atoms with E-state index in [1.807, 2.05) is 37.3 Å². The van der Waals surface area contributed by atoms with Crippen LogP contribution in [0.3, 0.4) is 0 Å². The van der Waals surface area contributed by atoms with Crippen molar-refractivity contribution in [3.8, 4) is 5.75 Å². The fraction of sp³-hybridized carbons (Fsp3) is 0.409. The number of nitrogens with one attached hydrogen (secondary N) is 1. The molecule has 3 nitrogen and oxygen atoms in total. The van der Waals surface area contributed by atoms with Crippen LogP contribution in [0.25, 0.3) is 0 Å². The zero-order valence-corrected chi connectivity index (χ0v) is 16.4. The highest BCUT2D eigenvalue weighted by Gasteiger charge is 2.20. The van der Waals surface area contributed by atoms with Crippen LogP contribution in [0.15, 0.2) is 47.4 Å². The lowest BCUT2D eigenvalue weighted by molar-refractivity contribution is -0.122. The van der Waals surface area contributed by atoms with Crippen molar-refractivity contribution in [2.24, 2.45) is 0 Å². The molecular weight excluding hydrogens is 342 g/mol. The Balaban J connectivity index is 1.69. The maximum atomic E-state index is 12.7. The molecule has 0 bridgehead atoms. The van der Waals surface area contributed by atoms with Gasteiger partial charge in [-0.2, -0.15) is 0 Å². The number of carbonyl (C=O) groups excluding carboxylic acids is 1. The van der Waals surface area contributed by atoms with Crippen LogP contribution in [-0.4, -0.2) is 17.8 Å². The molecule has 0 aromatic heterocycles. The predicted octanol–water partition coefficient (Wildman–Crippen LogP) is 5.47. The fourth-order valence-electron chi connectivity index (χ4n) is 3.33. The molecule has 2 aromatic carbocycles. The maximum Gasteiger partial charge on any atom is 0.265 e. The summed E-state index contributed by atoms with van der Waals surface area (Å²) in [6.07, 6.45) is 4.90. The highest BCUT2D eigenvalue weighted by atomic mass is 32.2. The van der Waals surface area contributed by atoms with Crippen LogP contribution in [0, 0.1) is 0 Å². The standard InChI is InChI=1S/C22H27NO2S/c1-3-20(22(24)23-19-11-7-8-12-21(19)26-4-2)25-18-14-13-16-9-5-6-10-17(16)15-18/h7-8,11-15,20H,3-6,9-10H2,1-2H3,(H,23,24)/t20-/m0/s1. The number of rotatable bonds is 7. The van der Waals surface area contributed by atoms with Gasteiger partial charge in [0.25, 0.3) is 5.91 Å². The molecule has 0 fully saturated rings. The van der Waals surface area contributed by atoms with Crippen molar-refractivity contribution < 1.29 is 9.53 Å². The van der Waals surface area contributed by atoms with Crippen LogP contribution in [0.5, 0.6) is 5.75 Å². The molecule has 1 N–H and O–H groups in total. The molecule has 0 saturated heterocycles. The van der Waals surface area contributed by atoms with Crippen molar-refractivity contribution in [2.75, 3.05) is 11.1 Å². The summed E-state index contributed by atoms with van der Waals surface area (Å²) < 4.78 is 6.04. The average molecular weight is 370 g/mol. The third-order valence-corrected chi connectivity index (χ3v) is 5.66. The minimum Gasteiger partial charge on any atom is -0.481 e. The maximum absolute atomic E-state index is 12.7. The van der Waals surface area contributed by atoms with Gasteiger partial charge in [0, 0.05) is 4.90 Å². The number of hydrogen-bond donors (Lipinski definition) is 1. The first-order valence-electron chi connectivity index (χ1n) is 9.52.